The van der Waals surface area contributed by atoms with Crippen molar-refractivity contribution in [2.75, 3.05) is 16.8 Å². The van der Waals surface area contributed by atoms with Crippen molar-refractivity contribution in [1.82, 2.24) is 0 Å². The molecule has 1 heterocycles. The normalized spacial score (nSPS) is 17.6. The highest BCUT2D eigenvalue weighted by Crippen LogP contribution is 2.37. The van der Waals surface area contributed by atoms with Gasteiger partial charge in [0.1, 0.15) is 0 Å². The third-order valence-corrected chi connectivity index (χ3v) is 3.58. The van der Waals surface area contributed by atoms with Crippen LogP contribution < -0.4 is 10.2 Å². The highest BCUT2D eigenvalue weighted by atomic mass is 19.4. The third kappa shape index (κ3) is 2.64. The summed E-state index contributed by atoms with van der Waals surface area (Å²) in [5.74, 6) is -1.85. The zero-order chi connectivity index (χ0) is 15.7. The molecule has 1 N–H and O–H groups in total. The molecule has 2 aromatic rings. The van der Waals surface area contributed by atoms with Crippen LogP contribution in [0.2, 0.25) is 0 Å². The van der Waals surface area contributed by atoms with Gasteiger partial charge in [-0.2, -0.15) is 13.2 Å². The van der Waals surface area contributed by atoms with E-state index in [4.69, 9.17) is 0 Å². The molecule has 22 heavy (non-hydrogen) atoms. The van der Waals surface area contributed by atoms with E-state index in [0.29, 0.717) is 5.69 Å². The topological polar surface area (TPSA) is 32.3 Å². The van der Waals surface area contributed by atoms with E-state index in [1.165, 1.54) is 6.07 Å². The Morgan fingerprint density at radius 2 is 1.68 bits per heavy atom. The minimum atomic E-state index is -4.90. The first-order chi connectivity index (χ1) is 10.5. The molecule has 0 aliphatic carbocycles. The van der Waals surface area contributed by atoms with E-state index in [0.717, 1.165) is 10.5 Å². The molecule has 114 valence electrons. The van der Waals surface area contributed by atoms with Crippen molar-refractivity contribution in [3.05, 3.63) is 60.2 Å². The summed E-state index contributed by atoms with van der Waals surface area (Å²) in [5.41, 5.74) is 1.59. The molecule has 0 saturated heterocycles. The molecule has 3 nitrogen and oxygen atoms in total. The molecule has 0 spiro atoms. The molecular weight excluding hydrogens is 293 g/mol. The van der Waals surface area contributed by atoms with E-state index >= 15 is 0 Å². The van der Waals surface area contributed by atoms with Gasteiger partial charge in [0.25, 0.3) is 0 Å². The number of rotatable bonds is 1. The van der Waals surface area contributed by atoms with Crippen LogP contribution in [0, 0.1) is 0 Å². The standard InChI is InChI=1S/C16H13F3N2O/c17-16(18,19)15(22)21-10-13(11-6-2-1-3-7-11)20-12-8-4-5-9-14(12)21/h1-9,13,20H,10H2. The van der Waals surface area contributed by atoms with Crippen LogP contribution in [0.5, 0.6) is 0 Å². The highest BCUT2D eigenvalue weighted by molar-refractivity contribution is 6.01. The second-order valence-corrected chi connectivity index (χ2v) is 5.04. The second kappa shape index (κ2) is 5.36. The molecule has 1 atom stereocenters. The van der Waals surface area contributed by atoms with Gasteiger partial charge in [0.15, 0.2) is 0 Å². The van der Waals surface area contributed by atoms with Crippen LogP contribution >= 0.6 is 0 Å². The molecular formula is C16H13F3N2O. The van der Waals surface area contributed by atoms with Crippen molar-refractivity contribution in [2.24, 2.45) is 0 Å². The lowest BCUT2D eigenvalue weighted by atomic mass is 10.0. The van der Waals surface area contributed by atoms with Crippen molar-refractivity contribution < 1.29 is 18.0 Å². The molecule has 1 aliphatic heterocycles. The van der Waals surface area contributed by atoms with Gasteiger partial charge in [-0.05, 0) is 17.7 Å². The van der Waals surface area contributed by atoms with Gasteiger partial charge in [0.2, 0.25) is 0 Å². The predicted molar refractivity (Wildman–Crippen MR) is 77.7 cm³/mol. The number of fused-ring (bicyclic) bond motifs is 1. The zero-order valence-electron chi connectivity index (χ0n) is 11.5. The van der Waals surface area contributed by atoms with Crippen LogP contribution in [0.15, 0.2) is 54.6 Å². The average Bonchev–Trinajstić information content (AvgIpc) is 2.53. The lowest BCUT2D eigenvalue weighted by Crippen LogP contribution is -2.46. The number of carbonyl (C=O) groups is 1. The summed E-state index contributed by atoms with van der Waals surface area (Å²) >= 11 is 0. The van der Waals surface area contributed by atoms with Gasteiger partial charge in [0, 0.05) is 0 Å². The number of para-hydroxylation sites is 2. The number of halogens is 3. The third-order valence-electron chi connectivity index (χ3n) is 3.58. The molecule has 0 radical (unpaired) electrons. The van der Waals surface area contributed by atoms with E-state index in [9.17, 15) is 18.0 Å². The lowest BCUT2D eigenvalue weighted by molar-refractivity contribution is -0.170. The molecule has 1 amide bonds. The van der Waals surface area contributed by atoms with Gasteiger partial charge >= 0.3 is 12.1 Å². The Kier molecular flexibility index (Phi) is 3.52. The van der Waals surface area contributed by atoms with Gasteiger partial charge in [-0.3, -0.25) is 4.79 Å². The number of benzene rings is 2. The SMILES string of the molecule is O=C(N1CC(c2ccccc2)Nc2ccccc21)C(F)(F)F. The number of hydrogen-bond acceptors (Lipinski definition) is 2. The summed E-state index contributed by atoms with van der Waals surface area (Å²) in [6.45, 7) is -0.0701. The fraction of sp³-hybridized carbons (Fsp3) is 0.188. The Morgan fingerprint density at radius 1 is 1.05 bits per heavy atom. The van der Waals surface area contributed by atoms with E-state index < -0.39 is 12.1 Å². The second-order valence-electron chi connectivity index (χ2n) is 5.04. The van der Waals surface area contributed by atoms with Gasteiger partial charge in [-0.15, -0.1) is 0 Å². The summed E-state index contributed by atoms with van der Waals surface area (Å²) < 4.78 is 38.5. The summed E-state index contributed by atoms with van der Waals surface area (Å²) in [7, 11) is 0. The van der Waals surface area contributed by atoms with Crippen LogP contribution in [0.25, 0.3) is 0 Å². The molecule has 0 aromatic heterocycles. The van der Waals surface area contributed by atoms with Crippen LogP contribution in [-0.4, -0.2) is 18.6 Å². The molecule has 0 fully saturated rings. The number of nitrogens with zero attached hydrogens (tertiary/aromatic N) is 1. The van der Waals surface area contributed by atoms with Crippen molar-refractivity contribution in [3.8, 4) is 0 Å². The van der Waals surface area contributed by atoms with Gasteiger partial charge in [-0.25, -0.2) is 0 Å². The van der Waals surface area contributed by atoms with E-state index in [-0.39, 0.29) is 18.3 Å². The first kappa shape index (κ1) is 14.4. The van der Waals surface area contributed by atoms with E-state index in [1.807, 2.05) is 30.3 Å². The van der Waals surface area contributed by atoms with Gasteiger partial charge in [0.05, 0.1) is 24.0 Å². The van der Waals surface area contributed by atoms with Gasteiger partial charge in [-0.1, -0.05) is 42.5 Å². The Labute approximate surface area is 125 Å². The van der Waals surface area contributed by atoms with Crippen molar-refractivity contribution in [1.29, 1.82) is 0 Å². The minimum Gasteiger partial charge on any atom is -0.375 e. The zero-order valence-corrected chi connectivity index (χ0v) is 11.5. The Bertz CT molecular complexity index is 685. The molecule has 0 saturated carbocycles. The van der Waals surface area contributed by atoms with E-state index in [1.54, 1.807) is 18.2 Å². The smallest absolute Gasteiger partial charge is 0.375 e. The fourth-order valence-electron chi connectivity index (χ4n) is 2.56. The summed E-state index contributed by atoms with van der Waals surface area (Å²) in [6, 6.07) is 15.2. The number of carbonyl (C=O) groups excluding carboxylic acids is 1. The highest BCUT2D eigenvalue weighted by Gasteiger charge is 2.45. The predicted octanol–water partition coefficient (Wildman–Crippen LogP) is 3.75. The first-order valence-electron chi connectivity index (χ1n) is 6.76. The molecule has 0 bridgehead atoms. The fourth-order valence-corrected chi connectivity index (χ4v) is 2.56. The monoisotopic (exact) mass is 306 g/mol. The summed E-state index contributed by atoms with van der Waals surface area (Å²) in [6.07, 6.45) is -4.90. The van der Waals surface area contributed by atoms with Crippen molar-refractivity contribution in [2.45, 2.75) is 12.2 Å². The molecule has 3 rings (SSSR count). The molecule has 1 aliphatic rings. The van der Waals surface area contributed by atoms with Crippen LogP contribution in [-0.2, 0) is 4.79 Å². The molecule has 2 aromatic carbocycles. The first-order valence-corrected chi connectivity index (χ1v) is 6.76. The van der Waals surface area contributed by atoms with Crippen molar-refractivity contribution >= 4 is 17.3 Å². The number of amides is 1. The summed E-state index contributed by atoms with van der Waals surface area (Å²) in [4.78, 5) is 12.5. The van der Waals surface area contributed by atoms with Crippen LogP contribution in [0.1, 0.15) is 11.6 Å². The number of nitrogens with one attached hydrogen (secondary N) is 1. The molecule has 1 unspecified atom stereocenters. The number of anilines is 2. The minimum absolute atomic E-state index is 0.0701. The lowest BCUT2D eigenvalue weighted by Gasteiger charge is -2.36. The maximum Gasteiger partial charge on any atom is 0.471 e. The summed E-state index contributed by atoms with van der Waals surface area (Å²) in [5, 5.41) is 3.19. The Balaban J connectivity index is 2.00. The molecule has 6 heteroatoms. The van der Waals surface area contributed by atoms with Crippen LogP contribution in [0.4, 0.5) is 24.5 Å². The number of hydrogen-bond donors (Lipinski definition) is 1. The maximum atomic E-state index is 12.8. The quantitative estimate of drug-likeness (QED) is 0.870. The average molecular weight is 306 g/mol. The largest absolute Gasteiger partial charge is 0.471 e. The van der Waals surface area contributed by atoms with E-state index in [2.05, 4.69) is 5.32 Å². The maximum absolute atomic E-state index is 12.8. The van der Waals surface area contributed by atoms with Gasteiger partial charge < -0.3 is 10.2 Å². The van der Waals surface area contributed by atoms with Crippen LogP contribution in [0.3, 0.4) is 0 Å². The Morgan fingerprint density at radius 3 is 2.36 bits per heavy atom. The Hall–Kier alpha value is -2.50. The number of alkyl halides is 3. The van der Waals surface area contributed by atoms with Crippen molar-refractivity contribution in [3.63, 3.8) is 0 Å².